The van der Waals surface area contributed by atoms with E-state index >= 15 is 0 Å². The molecule has 1 aromatic rings. The zero-order chi connectivity index (χ0) is 5.11. The van der Waals surface area contributed by atoms with Crippen molar-refractivity contribution in [2.24, 2.45) is 0 Å². The van der Waals surface area contributed by atoms with Gasteiger partial charge in [0.2, 0.25) is 0 Å². The van der Waals surface area contributed by atoms with Gasteiger partial charge in [0.25, 0.3) is 0 Å². The van der Waals surface area contributed by atoms with Crippen molar-refractivity contribution in [1.29, 1.82) is 0 Å². The van der Waals surface area contributed by atoms with E-state index in [1.54, 1.807) is 0 Å². The van der Waals surface area contributed by atoms with E-state index in [-0.39, 0.29) is 37.7 Å². The molecule has 9 heavy (non-hydrogen) atoms. The van der Waals surface area contributed by atoms with Crippen molar-refractivity contribution in [2.75, 3.05) is 0 Å². The molecule has 0 fully saturated rings. The summed E-state index contributed by atoms with van der Waals surface area (Å²) in [6, 6.07) is 10.3. The van der Waals surface area contributed by atoms with Gasteiger partial charge in [0.1, 0.15) is 0 Å². The van der Waals surface area contributed by atoms with Crippen LogP contribution in [-0.2, 0) is 12.6 Å². The van der Waals surface area contributed by atoms with Gasteiger partial charge in [-0.25, -0.2) is 6.07 Å². The molecule has 0 heterocycles. The first-order chi connectivity index (χ1) is 3.39. The maximum atomic E-state index is 4.76. The molecule has 1 aromatic carbocycles. The first-order valence-electron chi connectivity index (χ1n) is 2.03. The molecule has 0 aliphatic carbocycles. The third kappa shape index (κ3) is 5.10. The number of benzene rings is 1. The second-order valence-corrected chi connectivity index (χ2v) is 1.67. The molecule has 36 valence electrons. The Labute approximate surface area is 85.2 Å². The van der Waals surface area contributed by atoms with Crippen LogP contribution in [0.1, 0.15) is 0 Å². The van der Waals surface area contributed by atoms with Crippen molar-refractivity contribution >= 4 is 12.6 Å². The molecular formula is C6H4Li2S. The van der Waals surface area contributed by atoms with Crippen LogP contribution in [0.2, 0.25) is 0 Å². The minimum Gasteiger partial charge on any atom is -0.806 e. The zero-order valence-electron chi connectivity index (χ0n) is 5.72. The Morgan fingerprint density at radius 1 is 1.22 bits per heavy atom. The molecule has 0 unspecified atom stereocenters. The van der Waals surface area contributed by atoms with Crippen LogP contribution < -0.4 is 37.7 Å². The minimum absolute atomic E-state index is 0. The van der Waals surface area contributed by atoms with Crippen LogP contribution in [-0.4, -0.2) is 0 Å². The summed E-state index contributed by atoms with van der Waals surface area (Å²) in [5.41, 5.74) is 0. The molecule has 3 heteroatoms. The van der Waals surface area contributed by atoms with Crippen molar-refractivity contribution in [3.63, 3.8) is 0 Å². The third-order valence-electron chi connectivity index (χ3n) is 0.681. The largest absolute Gasteiger partial charge is 1.00 e. The van der Waals surface area contributed by atoms with Gasteiger partial charge in [0.15, 0.2) is 0 Å². The molecule has 0 bridgehead atoms. The third-order valence-corrected chi connectivity index (χ3v) is 0.934. The van der Waals surface area contributed by atoms with E-state index in [1.165, 1.54) is 0 Å². The fourth-order valence-corrected chi connectivity index (χ4v) is 0.523. The monoisotopic (exact) mass is 122 g/mol. The zero-order valence-corrected chi connectivity index (χ0v) is 6.53. The Hall–Kier alpha value is 0.635. The van der Waals surface area contributed by atoms with Crippen LogP contribution in [0.5, 0.6) is 0 Å². The topological polar surface area (TPSA) is 0 Å². The van der Waals surface area contributed by atoms with E-state index in [0.717, 1.165) is 4.90 Å². The van der Waals surface area contributed by atoms with Crippen molar-refractivity contribution < 1.29 is 37.7 Å². The van der Waals surface area contributed by atoms with Gasteiger partial charge < -0.3 is 12.6 Å². The number of rotatable bonds is 0. The molecule has 0 spiro atoms. The number of hydrogen-bond acceptors (Lipinski definition) is 1. The summed E-state index contributed by atoms with van der Waals surface area (Å²) in [6.45, 7) is 0. The fraction of sp³-hybridized carbons (Fsp3) is 0. The second-order valence-electron chi connectivity index (χ2n) is 1.23. The van der Waals surface area contributed by atoms with Crippen molar-refractivity contribution in [3.8, 4) is 0 Å². The molecule has 0 aromatic heterocycles. The molecule has 0 saturated carbocycles. The summed E-state index contributed by atoms with van der Waals surface area (Å²) in [7, 11) is 0. The molecule has 0 amide bonds. The van der Waals surface area contributed by atoms with E-state index in [9.17, 15) is 0 Å². The quantitative estimate of drug-likeness (QED) is 0.189. The summed E-state index contributed by atoms with van der Waals surface area (Å²) >= 11 is 4.76. The van der Waals surface area contributed by atoms with Crippen LogP contribution in [0.25, 0.3) is 0 Å². The normalized spacial score (nSPS) is 6.67. The summed E-state index contributed by atoms with van der Waals surface area (Å²) < 4.78 is 0. The first kappa shape index (κ1) is 12.3. The number of hydrogen-bond donors (Lipinski definition) is 0. The van der Waals surface area contributed by atoms with Crippen LogP contribution in [0.3, 0.4) is 0 Å². The molecule has 0 N–H and O–H groups in total. The molecule has 0 nitrogen and oxygen atoms in total. The standard InChI is InChI=1S/C6H5S.2Li/c7-6-4-2-1-3-5-6;;/h1-4,7H;;/q-1;2*+1/p-1. The van der Waals surface area contributed by atoms with Crippen LogP contribution in [0.4, 0.5) is 0 Å². The Bertz CT molecular complexity index is 141. The van der Waals surface area contributed by atoms with Crippen LogP contribution in [0.15, 0.2) is 29.2 Å². The average Bonchev–Trinajstić information content (AvgIpc) is 1.69. The molecule has 0 radical (unpaired) electrons. The summed E-state index contributed by atoms with van der Waals surface area (Å²) in [4.78, 5) is 0.780. The fourth-order valence-electron chi connectivity index (χ4n) is 0.377. The van der Waals surface area contributed by atoms with Gasteiger partial charge in [0.05, 0.1) is 0 Å². The van der Waals surface area contributed by atoms with E-state index < -0.39 is 0 Å². The SMILES string of the molecule is [Li+].[Li+].[S-]c1[c-]cccc1. The molecule has 0 aliphatic heterocycles. The smallest absolute Gasteiger partial charge is 0.806 e. The van der Waals surface area contributed by atoms with E-state index in [0.29, 0.717) is 0 Å². The molecule has 0 saturated heterocycles. The molecular weight excluding hydrogens is 118 g/mol. The van der Waals surface area contributed by atoms with Crippen LogP contribution in [0, 0.1) is 6.07 Å². The van der Waals surface area contributed by atoms with E-state index in [4.69, 9.17) is 12.6 Å². The van der Waals surface area contributed by atoms with E-state index in [2.05, 4.69) is 6.07 Å². The van der Waals surface area contributed by atoms with Gasteiger partial charge in [-0.15, -0.1) is 0 Å². The molecule has 1 rings (SSSR count). The Kier molecular flexibility index (Phi) is 9.24. The van der Waals surface area contributed by atoms with Gasteiger partial charge in [-0.1, -0.05) is 0 Å². The van der Waals surface area contributed by atoms with Gasteiger partial charge in [0, 0.05) is 0 Å². The minimum atomic E-state index is 0. The summed E-state index contributed by atoms with van der Waals surface area (Å²) in [5, 5.41) is 0. The Morgan fingerprint density at radius 3 is 2.11 bits per heavy atom. The average molecular weight is 122 g/mol. The Balaban J connectivity index is 0. The van der Waals surface area contributed by atoms with Crippen molar-refractivity contribution in [1.82, 2.24) is 0 Å². The molecule has 0 aliphatic rings. The van der Waals surface area contributed by atoms with Crippen LogP contribution >= 0.6 is 0 Å². The van der Waals surface area contributed by atoms with Gasteiger partial charge in [-0.05, 0) is 0 Å². The van der Waals surface area contributed by atoms with E-state index in [1.807, 2.05) is 24.3 Å². The predicted octanol–water partition coefficient (Wildman–Crippen LogP) is -4.60. The summed E-state index contributed by atoms with van der Waals surface area (Å²) in [5.74, 6) is 0. The maximum absolute atomic E-state index is 4.76. The van der Waals surface area contributed by atoms with Gasteiger partial charge in [-0.2, -0.15) is 24.3 Å². The second kappa shape index (κ2) is 6.75. The first-order valence-corrected chi connectivity index (χ1v) is 2.44. The molecule has 0 atom stereocenters. The predicted molar refractivity (Wildman–Crippen MR) is 30.9 cm³/mol. The maximum Gasteiger partial charge on any atom is 1.00 e. The van der Waals surface area contributed by atoms with Gasteiger partial charge >= 0.3 is 37.7 Å². The Morgan fingerprint density at radius 2 is 1.89 bits per heavy atom. The van der Waals surface area contributed by atoms with Gasteiger partial charge in [-0.3, -0.25) is 4.90 Å². The van der Waals surface area contributed by atoms with Crippen molar-refractivity contribution in [2.45, 2.75) is 4.90 Å². The van der Waals surface area contributed by atoms with Crippen molar-refractivity contribution in [3.05, 3.63) is 30.3 Å². The summed E-state index contributed by atoms with van der Waals surface area (Å²) in [6.07, 6.45) is 0.